The number of rotatable bonds is 4. The number of hydrogen-bond donors (Lipinski definition) is 0. The van der Waals surface area contributed by atoms with Gasteiger partial charge in [0, 0.05) is 18.6 Å². The lowest BCUT2D eigenvalue weighted by molar-refractivity contribution is -0.132. The third-order valence-corrected chi connectivity index (χ3v) is 4.70. The van der Waals surface area contributed by atoms with Gasteiger partial charge in [-0.15, -0.1) is 0 Å². The number of Topliss-reactive ketones (excluding diaryl/α,β-unsaturated/α-hetero) is 1. The minimum absolute atomic E-state index is 0.123. The highest BCUT2D eigenvalue weighted by Gasteiger charge is 2.48. The first-order valence-electron chi connectivity index (χ1n) is 7.70. The van der Waals surface area contributed by atoms with E-state index in [-0.39, 0.29) is 18.5 Å². The van der Waals surface area contributed by atoms with Gasteiger partial charge in [-0.25, -0.2) is 0 Å². The Bertz CT molecular complexity index is 549. The molecule has 1 aromatic rings. The number of ether oxygens (including phenoxy) is 2. The normalized spacial score (nSPS) is 28.4. The lowest BCUT2D eigenvalue weighted by Gasteiger charge is -2.42. The van der Waals surface area contributed by atoms with E-state index >= 15 is 0 Å². The van der Waals surface area contributed by atoms with E-state index in [2.05, 4.69) is 12.2 Å². The minimum Gasteiger partial charge on any atom is -0.359 e. The first kappa shape index (κ1) is 14.5. The standard InChI is InChI=1S/C18H22O3/c1-20-13-21-18(15-8-3-2-4-9-15)12-11-14-7-5-6-10-16(14)17(18)19/h3,5-8,10,15H,2,4,9,11-13H2,1H3/t15?,18-/m0/s1. The summed E-state index contributed by atoms with van der Waals surface area (Å²) < 4.78 is 11.1. The zero-order valence-electron chi connectivity index (χ0n) is 12.5. The lowest BCUT2D eigenvalue weighted by atomic mass is 9.69. The number of allylic oxidation sites excluding steroid dienone is 1. The molecule has 0 aromatic heterocycles. The molecule has 3 nitrogen and oxygen atoms in total. The monoisotopic (exact) mass is 286 g/mol. The average Bonchev–Trinajstić information content (AvgIpc) is 2.56. The SMILES string of the molecule is COCO[C@]1(C2C=CCCC2)CCc2ccccc2C1=O. The van der Waals surface area contributed by atoms with Gasteiger partial charge in [0.2, 0.25) is 0 Å². The first-order valence-corrected chi connectivity index (χ1v) is 7.70. The molecule has 0 spiro atoms. The third kappa shape index (κ3) is 2.56. The second-order valence-corrected chi connectivity index (χ2v) is 5.89. The van der Waals surface area contributed by atoms with Crippen LogP contribution in [0.5, 0.6) is 0 Å². The van der Waals surface area contributed by atoms with Gasteiger partial charge in [0.05, 0.1) is 0 Å². The summed E-state index contributed by atoms with van der Waals surface area (Å²) in [7, 11) is 1.60. The molecule has 0 saturated heterocycles. The predicted octanol–water partition coefficient (Wildman–Crippen LogP) is 3.53. The zero-order valence-corrected chi connectivity index (χ0v) is 12.5. The van der Waals surface area contributed by atoms with Gasteiger partial charge in [-0.2, -0.15) is 0 Å². The Kier molecular flexibility index (Phi) is 4.22. The number of aryl methyl sites for hydroxylation is 1. The summed E-state index contributed by atoms with van der Waals surface area (Å²) >= 11 is 0. The summed E-state index contributed by atoms with van der Waals surface area (Å²) in [4.78, 5) is 13.1. The molecule has 21 heavy (non-hydrogen) atoms. The van der Waals surface area contributed by atoms with Crippen LogP contribution in [-0.2, 0) is 15.9 Å². The molecule has 0 N–H and O–H groups in total. The second-order valence-electron chi connectivity index (χ2n) is 5.89. The largest absolute Gasteiger partial charge is 0.359 e. The Morgan fingerprint density at radius 1 is 1.33 bits per heavy atom. The van der Waals surface area contributed by atoms with Crippen LogP contribution in [0.25, 0.3) is 0 Å². The van der Waals surface area contributed by atoms with Crippen LogP contribution in [0.1, 0.15) is 41.6 Å². The van der Waals surface area contributed by atoms with Crippen LogP contribution >= 0.6 is 0 Å². The maximum absolute atomic E-state index is 13.1. The molecule has 0 fully saturated rings. The molecular weight excluding hydrogens is 264 g/mol. The lowest BCUT2D eigenvalue weighted by Crippen LogP contribution is -2.51. The predicted molar refractivity (Wildman–Crippen MR) is 81.3 cm³/mol. The smallest absolute Gasteiger partial charge is 0.195 e. The van der Waals surface area contributed by atoms with Gasteiger partial charge in [-0.3, -0.25) is 4.79 Å². The van der Waals surface area contributed by atoms with Gasteiger partial charge < -0.3 is 9.47 Å². The topological polar surface area (TPSA) is 35.5 Å². The van der Waals surface area contributed by atoms with Crippen molar-refractivity contribution in [2.45, 2.75) is 37.7 Å². The maximum Gasteiger partial charge on any atom is 0.195 e. The molecule has 2 aliphatic carbocycles. The van der Waals surface area contributed by atoms with Crippen LogP contribution in [0, 0.1) is 5.92 Å². The highest BCUT2D eigenvalue weighted by molar-refractivity contribution is 6.05. The fourth-order valence-corrected chi connectivity index (χ4v) is 3.59. The van der Waals surface area contributed by atoms with E-state index in [0.29, 0.717) is 0 Å². The number of hydrogen-bond acceptors (Lipinski definition) is 3. The van der Waals surface area contributed by atoms with Crippen LogP contribution in [0.2, 0.25) is 0 Å². The average molecular weight is 286 g/mol. The summed E-state index contributed by atoms with van der Waals surface area (Å²) in [5.74, 6) is 0.278. The van der Waals surface area contributed by atoms with Crippen molar-refractivity contribution in [2.24, 2.45) is 5.92 Å². The summed E-state index contributed by atoms with van der Waals surface area (Å²) in [6.07, 6.45) is 9.20. The summed E-state index contributed by atoms with van der Waals surface area (Å²) in [6, 6.07) is 7.90. The van der Waals surface area contributed by atoms with Crippen molar-refractivity contribution in [3.8, 4) is 0 Å². The van der Waals surface area contributed by atoms with Crippen LogP contribution < -0.4 is 0 Å². The highest BCUT2D eigenvalue weighted by atomic mass is 16.7. The van der Waals surface area contributed by atoms with E-state index in [1.165, 1.54) is 0 Å². The van der Waals surface area contributed by atoms with E-state index in [1.807, 2.05) is 24.3 Å². The molecule has 3 heteroatoms. The molecule has 0 heterocycles. The molecule has 0 bridgehead atoms. The van der Waals surface area contributed by atoms with Crippen LogP contribution in [-0.4, -0.2) is 25.3 Å². The van der Waals surface area contributed by atoms with Crippen molar-refractivity contribution in [2.75, 3.05) is 13.9 Å². The van der Waals surface area contributed by atoms with Gasteiger partial charge in [0.1, 0.15) is 12.4 Å². The third-order valence-electron chi connectivity index (χ3n) is 4.70. The van der Waals surface area contributed by atoms with Gasteiger partial charge in [-0.1, -0.05) is 36.4 Å². The molecule has 0 aliphatic heterocycles. The van der Waals surface area contributed by atoms with Crippen molar-refractivity contribution in [1.82, 2.24) is 0 Å². The van der Waals surface area contributed by atoms with E-state index in [0.717, 1.165) is 43.2 Å². The number of methoxy groups -OCH3 is 1. The Labute approximate surface area is 125 Å². The Morgan fingerprint density at radius 3 is 2.95 bits per heavy atom. The maximum atomic E-state index is 13.1. The van der Waals surface area contributed by atoms with Crippen molar-refractivity contribution < 1.29 is 14.3 Å². The molecule has 0 amide bonds. The molecule has 0 saturated carbocycles. The Hall–Kier alpha value is -1.45. The Morgan fingerprint density at radius 2 is 2.19 bits per heavy atom. The fourth-order valence-electron chi connectivity index (χ4n) is 3.59. The molecule has 1 unspecified atom stereocenters. The quantitative estimate of drug-likeness (QED) is 0.627. The van der Waals surface area contributed by atoms with Gasteiger partial charge in [0.25, 0.3) is 0 Å². The fraction of sp³-hybridized carbons (Fsp3) is 0.500. The molecule has 2 aliphatic rings. The highest BCUT2D eigenvalue weighted by Crippen LogP contribution is 2.41. The van der Waals surface area contributed by atoms with E-state index in [4.69, 9.17) is 9.47 Å². The summed E-state index contributed by atoms with van der Waals surface area (Å²) in [6.45, 7) is 0.165. The van der Waals surface area contributed by atoms with Crippen LogP contribution in [0.15, 0.2) is 36.4 Å². The molecule has 112 valence electrons. The Balaban J connectivity index is 1.98. The molecule has 3 rings (SSSR count). The van der Waals surface area contributed by atoms with Gasteiger partial charge >= 0.3 is 0 Å². The number of fused-ring (bicyclic) bond motifs is 1. The number of benzene rings is 1. The van der Waals surface area contributed by atoms with Crippen molar-refractivity contribution >= 4 is 5.78 Å². The minimum atomic E-state index is -0.749. The van der Waals surface area contributed by atoms with Crippen LogP contribution in [0.4, 0.5) is 0 Å². The van der Waals surface area contributed by atoms with Gasteiger partial charge in [0.15, 0.2) is 5.78 Å². The molecule has 0 radical (unpaired) electrons. The summed E-state index contributed by atoms with van der Waals surface area (Å²) in [5.41, 5.74) is 1.21. The number of carbonyl (C=O) groups is 1. The van der Waals surface area contributed by atoms with Crippen molar-refractivity contribution in [1.29, 1.82) is 0 Å². The van der Waals surface area contributed by atoms with E-state index in [9.17, 15) is 4.79 Å². The number of carbonyl (C=O) groups excluding carboxylic acids is 1. The summed E-state index contributed by atoms with van der Waals surface area (Å²) in [5, 5.41) is 0. The van der Waals surface area contributed by atoms with Gasteiger partial charge in [-0.05, 0) is 37.7 Å². The van der Waals surface area contributed by atoms with Crippen LogP contribution in [0.3, 0.4) is 0 Å². The van der Waals surface area contributed by atoms with E-state index in [1.54, 1.807) is 7.11 Å². The van der Waals surface area contributed by atoms with Crippen molar-refractivity contribution in [3.05, 3.63) is 47.5 Å². The van der Waals surface area contributed by atoms with E-state index < -0.39 is 5.60 Å². The van der Waals surface area contributed by atoms with Crippen molar-refractivity contribution in [3.63, 3.8) is 0 Å². The molecular formula is C18H22O3. The molecule has 2 atom stereocenters. The number of ketones is 1. The molecule has 1 aromatic carbocycles. The zero-order chi connectivity index (χ0) is 14.7. The first-order chi connectivity index (χ1) is 10.3. The second kappa shape index (κ2) is 6.12.